The van der Waals surface area contributed by atoms with E-state index in [-0.39, 0.29) is 5.41 Å². The molecule has 0 aromatic heterocycles. The van der Waals surface area contributed by atoms with E-state index in [1.807, 2.05) is 72.8 Å². The van der Waals surface area contributed by atoms with Gasteiger partial charge in [0, 0.05) is 5.41 Å². The highest BCUT2D eigenvalue weighted by Gasteiger charge is 2.34. The molecule has 0 fully saturated rings. The third-order valence-electron chi connectivity index (χ3n) is 10.8. The maximum atomic E-state index is 5.99. The molecule has 0 spiro atoms. The molecular formula is C55H42O2. The SMILES string of the molecule is CC1(C)c2ccccc2-c2ccccc21.c1ccc2cc(Oc3ccc4ccccc4c3)ccc2c1.c1ccc2cc(Oc3ccc4ccccc4c3)ccc2c1. The zero-order chi connectivity index (χ0) is 38.6. The number of ether oxygens (including phenoxy) is 2. The van der Waals surface area contributed by atoms with Crippen LogP contribution in [0.15, 0.2) is 218 Å². The van der Waals surface area contributed by atoms with Gasteiger partial charge in [0.25, 0.3) is 0 Å². The second-order valence-corrected chi connectivity index (χ2v) is 15.0. The summed E-state index contributed by atoms with van der Waals surface area (Å²) in [7, 11) is 0. The van der Waals surface area contributed by atoms with Crippen LogP contribution in [0.3, 0.4) is 0 Å². The Bertz CT molecular complexity index is 2650. The third-order valence-corrected chi connectivity index (χ3v) is 10.8. The van der Waals surface area contributed by atoms with E-state index in [1.165, 1.54) is 65.3 Å². The second kappa shape index (κ2) is 15.5. The van der Waals surface area contributed by atoms with Crippen LogP contribution in [0.4, 0.5) is 0 Å². The predicted molar refractivity (Wildman–Crippen MR) is 240 cm³/mol. The van der Waals surface area contributed by atoms with E-state index < -0.39 is 0 Å². The fourth-order valence-electron chi connectivity index (χ4n) is 7.87. The Morgan fingerprint density at radius 1 is 0.263 bits per heavy atom. The van der Waals surface area contributed by atoms with E-state index in [1.54, 1.807) is 0 Å². The number of hydrogen-bond donors (Lipinski definition) is 0. The van der Waals surface area contributed by atoms with Gasteiger partial charge in [-0.1, -0.05) is 184 Å². The summed E-state index contributed by atoms with van der Waals surface area (Å²) in [5.41, 5.74) is 5.86. The molecule has 2 nitrogen and oxygen atoms in total. The minimum atomic E-state index is 0.160. The summed E-state index contributed by atoms with van der Waals surface area (Å²) >= 11 is 0. The second-order valence-electron chi connectivity index (χ2n) is 15.0. The Hall–Kier alpha value is -7.16. The first-order chi connectivity index (χ1) is 28.0. The van der Waals surface area contributed by atoms with Crippen molar-refractivity contribution in [2.45, 2.75) is 19.3 Å². The normalized spacial score (nSPS) is 12.2. The molecule has 0 saturated heterocycles. The van der Waals surface area contributed by atoms with Crippen molar-refractivity contribution in [3.05, 3.63) is 230 Å². The molecule has 10 aromatic carbocycles. The predicted octanol–water partition coefficient (Wildman–Crippen LogP) is 15.6. The first-order valence-electron chi connectivity index (χ1n) is 19.5. The van der Waals surface area contributed by atoms with Crippen molar-refractivity contribution < 1.29 is 9.47 Å². The lowest BCUT2D eigenvalue weighted by Gasteiger charge is -2.20. The van der Waals surface area contributed by atoms with Crippen LogP contribution in [0.1, 0.15) is 25.0 Å². The average Bonchev–Trinajstić information content (AvgIpc) is 3.50. The minimum Gasteiger partial charge on any atom is -0.457 e. The first kappa shape index (κ1) is 35.5. The Kier molecular flexibility index (Phi) is 9.68. The molecule has 11 rings (SSSR count). The molecule has 0 heterocycles. The van der Waals surface area contributed by atoms with Gasteiger partial charge in [-0.25, -0.2) is 0 Å². The molecule has 0 atom stereocenters. The van der Waals surface area contributed by atoms with Crippen molar-refractivity contribution in [3.63, 3.8) is 0 Å². The number of rotatable bonds is 4. The topological polar surface area (TPSA) is 18.5 Å². The minimum absolute atomic E-state index is 0.160. The standard InChI is InChI=1S/2C20H14O.C15H14/c2*1-3-7-17-13-19(11-9-15(17)5-1)21-20-12-10-16-6-2-4-8-18(16)14-20;1-15(2)13-9-5-3-7-11(13)12-8-4-6-10-14(12)15/h2*1-14H;3-10H,1-2H3. The van der Waals surface area contributed by atoms with Crippen molar-refractivity contribution >= 4 is 43.1 Å². The lowest BCUT2D eigenvalue weighted by Crippen LogP contribution is -2.14. The van der Waals surface area contributed by atoms with Gasteiger partial charge in [-0.15, -0.1) is 0 Å². The molecule has 10 aromatic rings. The van der Waals surface area contributed by atoms with Gasteiger partial charge in [0.1, 0.15) is 23.0 Å². The lowest BCUT2D eigenvalue weighted by molar-refractivity contribution is 0.484. The summed E-state index contributed by atoms with van der Waals surface area (Å²) in [6, 6.07) is 75.3. The van der Waals surface area contributed by atoms with Gasteiger partial charge in [0.2, 0.25) is 0 Å². The zero-order valence-electron chi connectivity index (χ0n) is 32.1. The summed E-state index contributed by atoms with van der Waals surface area (Å²) in [5.74, 6) is 3.46. The Labute approximate surface area is 334 Å². The molecule has 0 saturated carbocycles. The molecular weight excluding hydrogens is 693 g/mol. The van der Waals surface area contributed by atoms with Gasteiger partial charge in [-0.2, -0.15) is 0 Å². The van der Waals surface area contributed by atoms with Crippen LogP contribution >= 0.6 is 0 Å². The quantitative estimate of drug-likeness (QED) is 0.179. The van der Waals surface area contributed by atoms with Gasteiger partial charge in [-0.3, -0.25) is 0 Å². The number of benzene rings is 10. The molecule has 0 bridgehead atoms. The molecule has 1 aliphatic carbocycles. The highest BCUT2D eigenvalue weighted by Crippen LogP contribution is 2.48. The smallest absolute Gasteiger partial charge is 0.128 e. The fraction of sp³-hybridized carbons (Fsp3) is 0.0545. The van der Waals surface area contributed by atoms with Crippen molar-refractivity contribution in [1.82, 2.24) is 0 Å². The maximum Gasteiger partial charge on any atom is 0.128 e. The van der Waals surface area contributed by atoms with Gasteiger partial charge in [-0.05, 0) is 114 Å². The van der Waals surface area contributed by atoms with E-state index in [2.05, 4.69) is 159 Å². The third kappa shape index (κ3) is 7.59. The summed E-state index contributed by atoms with van der Waals surface area (Å²) in [4.78, 5) is 0. The molecule has 0 unspecified atom stereocenters. The van der Waals surface area contributed by atoms with Crippen molar-refractivity contribution in [2.24, 2.45) is 0 Å². The summed E-state index contributed by atoms with van der Waals surface area (Å²) in [6.45, 7) is 4.61. The molecule has 1 aliphatic rings. The van der Waals surface area contributed by atoms with E-state index in [0.29, 0.717) is 0 Å². The summed E-state index contributed by atoms with van der Waals surface area (Å²) in [6.07, 6.45) is 0. The molecule has 0 radical (unpaired) electrons. The van der Waals surface area contributed by atoms with Crippen LogP contribution < -0.4 is 9.47 Å². The van der Waals surface area contributed by atoms with Crippen molar-refractivity contribution in [2.75, 3.05) is 0 Å². The van der Waals surface area contributed by atoms with Crippen LogP contribution in [0, 0.1) is 0 Å². The van der Waals surface area contributed by atoms with E-state index in [4.69, 9.17) is 9.47 Å². The lowest BCUT2D eigenvalue weighted by atomic mass is 9.82. The first-order valence-corrected chi connectivity index (χ1v) is 19.5. The maximum absolute atomic E-state index is 5.99. The van der Waals surface area contributed by atoms with Crippen LogP contribution in [-0.2, 0) is 5.41 Å². The average molecular weight is 735 g/mol. The van der Waals surface area contributed by atoms with Gasteiger partial charge >= 0.3 is 0 Å². The Morgan fingerprint density at radius 3 is 0.807 bits per heavy atom. The number of hydrogen-bond acceptors (Lipinski definition) is 2. The van der Waals surface area contributed by atoms with Crippen molar-refractivity contribution in [1.29, 1.82) is 0 Å². The Morgan fingerprint density at radius 2 is 0.509 bits per heavy atom. The molecule has 2 heteroatoms. The highest BCUT2D eigenvalue weighted by atomic mass is 16.5. The van der Waals surface area contributed by atoms with Crippen LogP contribution in [0.2, 0.25) is 0 Å². The molecule has 0 aliphatic heterocycles. The Balaban J connectivity index is 0.000000113. The summed E-state index contributed by atoms with van der Waals surface area (Å²) in [5, 5.41) is 9.66. The molecule has 274 valence electrons. The van der Waals surface area contributed by atoms with E-state index >= 15 is 0 Å². The fourth-order valence-corrected chi connectivity index (χ4v) is 7.87. The molecule has 57 heavy (non-hydrogen) atoms. The molecule has 0 N–H and O–H groups in total. The van der Waals surface area contributed by atoms with Gasteiger partial charge in [0.15, 0.2) is 0 Å². The summed E-state index contributed by atoms with van der Waals surface area (Å²) < 4.78 is 12.0. The number of fused-ring (bicyclic) bond motifs is 7. The van der Waals surface area contributed by atoms with Crippen molar-refractivity contribution in [3.8, 4) is 34.1 Å². The van der Waals surface area contributed by atoms with Gasteiger partial charge < -0.3 is 9.47 Å². The van der Waals surface area contributed by atoms with E-state index in [9.17, 15) is 0 Å². The monoisotopic (exact) mass is 734 g/mol. The van der Waals surface area contributed by atoms with E-state index in [0.717, 1.165) is 23.0 Å². The highest BCUT2D eigenvalue weighted by molar-refractivity contribution is 5.87. The van der Waals surface area contributed by atoms with Gasteiger partial charge in [0.05, 0.1) is 0 Å². The largest absolute Gasteiger partial charge is 0.457 e. The van der Waals surface area contributed by atoms with Crippen LogP contribution in [0.25, 0.3) is 54.2 Å². The zero-order valence-corrected chi connectivity index (χ0v) is 32.1. The van der Waals surface area contributed by atoms with Crippen LogP contribution in [0.5, 0.6) is 23.0 Å². The van der Waals surface area contributed by atoms with Crippen LogP contribution in [-0.4, -0.2) is 0 Å². The molecule has 0 amide bonds.